The van der Waals surface area contributed by atoms with Gasteiger partial charge in [0.15, 0.2) is 6.29 Å². The fraction of sp³-hybridized carbons (Fsp3) is 0.300. The van der Waals surface area contributed by atoms with Crippen molar-refractivity contribution in [3.8, 4) is 0 Å². The first kappa shape index (κ1) is 10.0. The Morgan fingerprint density at radius 1 is 1.50 bits per heavy atom. The first-order valence-electron chi connectivity index (χ1n) is 4.29. The van der Waals surface area contributed by atoms with Gasteiger partial charge in [0.25, 0.3) is 0 Å². The van der Waals surface area contributed by atoms with Crippen LogP contribution in [0.5, 0.6) is 0 Å². The Balaban J connectivity index is 2.22. The summed E-state index contributed by atoms with van der Waals surface area (Å²) < 4.78 is 5.07. The Labute approximate surface area is 91.6 Å². The van der Waals surface area contributed by atoms with E-state index in [1.54, 1.807) is 17.8 Å². The second kappa shape index (κ2) is 4.34. The molecule has 2 rings (SSSR count). The Morgan fingerprint density at radius 3 is 2.86 bits per heavy atom. The SMILES string of the molecule is O=Cc1c(Cl)cccc1SC1COC1. The molecule has 0 amide bonds. The predicted octanol–water partition coefficient (Wildman–Crippen LogP) is 2.64. The molecule has 1 fully saturated rings. The van der Waals surface area contributed by atoms with E-state index in [1.807, 2.05) is 12.1 Å². The molecule has 1 aliphatic rings. The monoisotopic (exact) mass is 228 g/mol. The van der Waals surface area contributed by atoms with Crippen LogP contribution in [0.1, 0.15) is 10.4 Å². The normalized spacial score (nSPS) is 16.4. The predicted molar refractivity (Wildman–Crippen MR) is 57.3 cm³/mol. The van der Waals surface area contributed by atoms with Gasteiger partial charge in [-0.1, -0.05) is 17.7 Å². The first-order valence-corrected chi connectivity index (χ1v) is 5.55. The zero-order valence-electron chi connectivity index (χ0n) is 7.40. The van der Waals surface area contributed by atoms with Crippen molar-refractivity contribution < 1.29 is 9.53 Å². The molecule has 0 aromatic heterocycles. The van der Waals surface area contributed by atoms with Crippen molar-refractivity contribution >= 4 is 29.6 Å². The highest BCUT2D eigenvalue weighted by atomic mass is 35.5. The summed E-state index contributed by atoms with van der Waals surface area (Å²) in [6.45, 7) is 1.52. The minimum Gasteiger partial charge on any atom is -0.379 e. The van der Waals surface area contributed by atoms with E-state index in [4.69, 9.17) is 16.3 Å². The second-order valence-electron chi connectivity index (χ2n) is 3.05. The van der Waals surface area contributed by atoms with Crippen LogP contribution in [-0.4, -0.2) is 24.7 Å². The molecule has 1 aliphatic heterocycles. The molecule has 74 valence electrons. The number of carbonyl (C=O) groups is 1. The molecule has 1 saturated heterocycles. The quantitative estimate of drug-likeness (QED) is 0.744. The highest BCUT2D eigenvalue weighted by Crippen LogP contribution is 2.32. The lowest BCUT2D eigenvalue weighted by molar-refractivity contribution is 0.0455. The van der Waals surface area contributed by atoms with Crippen molar-refractivity contribution in [2.24, 2.45) is 0 Å². The highest BCUT2D eigenvalue weighted by Gasteiger charge is 2.21. The minimum atomic E-state index is 0.465. The summed E-state index contributed by atoms with van der Waals surface area (Å²) in [5.74, 6) is 0. The van der Waals surface area contributed by atoms with Gasteiger partial charge in [-0.25, -0.2) is 0 Å². The largest absolute Gasteiger partial charge is 0.379 e. The van der Waals surface area contributed by atoms with Crippen LogP contribution < -0.4 is 0 Å². The Bertz CT molecular complexity index is 350. The number of hydrogen-bond donors (Lipinski definition) is 0. The Morgan fingerprint density at radius 2 is 2.29 bits per heavy atom. The summed E-state index contributed by atoms with van der Waals surface area (Å²) in [6.07, 6.45) is 0.810. The fourth-order valence-electron chi connectivity index (χ4n) is 1.20. The zero-order valence-corrected chi connectivity index (χ0v) is 8.98. The van der Waals surface area contributed by atoms with Crippen LogP contribution in [0, 0.1) is 0 Å². The third kappa shape index (κ3) is 1.95. The molecule has 0 aliphatic carbocycles. The molecule has 0 atom stereocenters. The summed E-state index contributed by atoms with van der Waals surface area (Å²) in [4.78, 5) is 11.8. The van der Waals surface area contributed by atoms with Crippen molar-refractivity contribution in [2.45, 2.75) is 10.1 Å². The summed E-state index contributed by atoms with van der Waals surface area (Å²) in [5, 5.41) is 0.984. The van der Waals surface area contributed by atoms with Crippen molar-refractivity contribution in [1.29, 1.82) is 0 Å². The van der Waals surface area contributed by atoms with Gasteiger partial charge in [-0.05, 0) is 12.1 Å². The summed E-state index contributed by atoms with van der Waals surface area (Å²) in [7, 11) is 0. The van der Waals surface area contributed by atoms with Crippen LogP contribution in [0.2, 0.25) is 5.02 Å². The molecule has 4 heteroatoms. The third-order valence-corrected chi connectivity index (χ3v) is 3.58. The second-order valence-corrected chi connectivity index (χ2v) is 4.80. The van der Waals surface area contributed by atoms with Gasteiger partial charge in [-0.2, -0.15) is 0 Å². The van der Waals surface area contributed by atoms with Crippen molar-refractivity contribution in [3.05, 3.63) is 28.8 Å². The number of thioether (sulfide) groups is 1. The lowest BCUT2D eigenvalue weighted by atomic mass is 10.2. The van der Waals surface area contributed by atoms with Gasteiger partial charge in [0, 0.05) is 10.5 Å². The molecule has 0 N–H and O–H groups in total. The molecule has 1 aromatic rings. The van der Waals surface area contributed by atoms with Crippen LogP contribution >= 0.6 is 23.4 Å². The topological polar surface area (TPSA) is 26.3 Å². The Hall–Kier alpha value is -0.510. The lowest BCUT2D eigenvalue weighted by Gasteiger charge is -2.25. The summed E-state index contributed by atoms with van der Waals surface area (Å²) in [5.41, 5.74) is 0.589. The lowest BCUT2D eigenvalue weighted by Crippen LogP contribution is -2.30. The van der Waals surface area contributed by atoms with E-state index < -0.39 is 0 Å². The van der Waals surface area contributed by atoms with Gasteiger partial charge in [0.1, 0.15) is 0 Å². The van der Waals surface area contributed by atoms with Gasteiger partial charge in [-0.15, -0.1) is 11.8 Å². The molecule has 0 unspecified atom stereocenters. The van der Waals surface area contributed by atoms with E-state index in [9.17, 15) is 4.79 Å². The smallest absolute Gasteiger partial charge is 0.152 e. The average Bonchev–Trinajstić information content (AvgIpc) is 2.11. The number of aldehydes is 1. The van der Waals surface area contributed by atoms with Gasteiger partial charge in [0.05, 0.1) is 23.5 Å². The standard InChI is InChI=1S/C10H9ClO2S/c11-9-2-1-3-10(8(9)4-12)14-7-5-13-6-7/h1-4,7H,5-6H2. The van der Waals surface area contributed by atoms with E-state index in [0.717, 1.165) is 24.4 Å². The number of ether oxygens (including phenoxy) is 1. The van der Waals surface area contributed by atoms with Gasteiger partial charge < -0.3 is 4.74 Å². The number of rotatable bonds is 3. The minimum absolute atomic E-state index is 0.465. The maximum atomic E-state index is 10.8. The van der Waals surface area contributed by atoms with E-state index in [-0.39, 0.29) is 0 Å². The molecule has 0 spiro atoms. The maximum Gasteiger partial charge on any atom is 0.152 e. The van der Waals surface area contributed by atoms with Gasteiger partial charge in [0.2, 0.25) is 0 Å². The number of carbonyl (C=O) groups excluding carboxylic acids is 1. The summed E-state index contributed by atoms with van der Waals surface area (Å²) in [6, 6.07) is 5.50. The van der Waals surface area contributed by atoms with Gasteiger partial charge in [-0.3, -0.25) is 4.79 Å². The van der Waals surface area contributed by atoms with E-state index in [1.165, 1.54) is 0 Å². The first-order chi connectivity index (χ1) is 6.81. The fourth-order valence-corrected chi connectivity index (χ4v) is 2.60. The van der Waals surface area contributed by atoms with Gasteiger partial charge >= 0.3 is 0 Å². The van der Waals surface area contributed by atoms with Crippen LogP contribution in [0.15, 0.2) is 23.1 Å². The molecule has 0 radical (unpaired) electrons. The van der Waals surface area contributed by atoms with Crippen LogP contribution in [0.3, 0.4) is 0 Å². The third-order valence-electron chi connectivity index (χ3n) is 2.03. The highest BCUT2D eigenvalue weighted by molar-refractivity contribution is 8.00. The van der Waals surface area contributed by atoms with Crippen LogP contribution in [-0.2, 0) is 4.74 Å². The maximum absolute atomic E-state index is 10.8. The van der Waals surface area contributed by atoms with Crippen LogP contribution in [0.25, 0.3) is 0 Å². The van der Waals surface area contributed by atoms with Crippen molar-refractivity contribution in [2.75, 3.05) is 13.2 Å². The number of halogens is 1. The number of hydrogen-bond acceptors (Lipinski definition) is 3. The molecular formula is C10H9ClO2S. The molecule has 14 heavy (non-hydrogen) atoms. The molecule has 1 aromatic carbocycles. The summed E-state index contributed by atoms with van der Waals surface area (Å²) >= 11 is 7.55. The molecule has 1 heterocycles. The average molecular weight is 229 g/mol. The molecule has 2 nitrogen and oxygen atoms in total. The molecular weight excluding hydrogens is 220 g/mol. The van der Waals surface area contributed by atoms with Crippen molar-refractivity contribution in [3.63, 3.8) is 0 Å². The Kier molecular flexibility index (Phi) is 3.11. The van der Waals surface area contributed by atoms with E-state index in [2.05, 4.69) is 0 Å². The zero-order chi connectivity index (χ0) is 9.97. The molecule has 0 bridgehead atoms. The number of benzene rings is 1. The van der Waals surface area contributed by atoms with E-state index >= 15 is 0 Å². The van der Waals surface area contributed by atoms with Crippen LogP contribution in [0.4, 0.5) is 0 Å². The van der Waals surface area contributed by atoms with Crippen molar-refractivity contribution in [1.82, 2.24) is 0 Å². The molecule has 0 saturated carbocycles. The van der Waals surface area contributed by atoms with E-state index in [0.29, 0.717) is 15.8 Å².